The van der Waals surface area contributed by atoms with Gasteiger partial charge in [0.2, 0.25) is 5.89 Å². The van der Waals surface area contributed by atoms with Crippen molar-refractivity contribution in [3.05, 3.63) is 69.6 Å². The number of hydrogen-bond acceptors (Lipinski definition) is 8. The first kappa shape index (κ1) is 20.0. The summed E-state index contributed by atoms with van der Waals surface area (Å²) in [7, 11) is 0. The molecule has 0 amide bonds. The Kier molecular flexibility index (Phi) is 5.87. The fourth-order valence-corrected chi connectivity index (χ4v) is 2.52. The highest BCUT2D eigenvalue weighted by atomic mass is 16.6. The number of nitro benzene ring substituents is 1. The van der Waals surface area contributed by atoms with Gasteiger partial charge in [-0.2, -0.15) is 0 Å². The topological polar surface area (TPSA) is 118 Å². The second-order valence-electron chi connectivity index (χ2n) is 6.44. The average molecular weight is 397 g/mol. The third-order valence-electron chi connectivity index (χ3n) is 4.11. The first-order valence-electron chi connectivity index (χ1n) is 8.81. The Morgan fingerprint density at radius 2 is 1.90 bits per heavy atom. The maximum atomic E-state index is 12.1. The second-order valence-corrected chi connectivity index (χ2v) is 6.44. The van der Waals surface area contributed by atoms with E-state index < -0.39 is 17.0 Å². The van der Waals surface area contributed by atoms with Gasteiger partial charge in [0.05, 0.1) is 4.92 Å². The Balaban J connectivity index is 1.59. The number of nitrogens with zero attached hydrogens (tertiary/aromatic N) is 3. The monoisotopic (exact) mass is 397 g/mol. The minimum atomic E-state index is -0.774. The van der Waals surface area contributed by atoms with Crippen LogP contribution in [0.1, 0.15) is 30.0 Å². The molecule has 1 atom stereocenters. The van der Waals surface area contributed by atoms with Crippen LogP contribution in [0.2, 0.25) is 0 Å². The number of rotatable bonds is 7. The van der Waals surface area contributed by atoms with E-state index >= 15 is 0 Å². The highest BCUT2D eigenvalue weighted by Crippen LogP contribution is 2.24. The molecule has 150 valence electrons. The molecule has 0 spiro atoms. The van der Waals surface area contributed by atoms with Crippen LogP contribution in [-0.2, 0) is 9.53 Å². The van der Waals surface area contributed by atoms with Crippen molar-refractivity contribution >= 4 is 11.7 Å². The Labute approximate surface area is 166 Å². The Morgan fingerprint density at radius 3 is 2.59 bits per heavy atom. The van der Waals surface area contributed by atoms with E-state index in [1.54, 1.807) is 6.92 Å². The molecule has 0 aliphatic rings. The van der Waals surface area contributed by atoms with E-state index in [1.807, 2.05) is 32.0 Å². The first-order chi connectivity index (χ1) is 13.8. The highest BCUT2D eigenvalue weighted by molar-refractivity contribution is 5.71. The highest BCUT2D eigenvalue weighted by Gasteiger charge is 2.20. The van der Waals surface area contributed by atoms with Crippen LogP contribution in [0.5, 0.6) is 5.75 Å². The molecule has 0 saturated heterocycles. The maximum Gasteiger partial charge on any atom is 0.344 e. The van der Waals surface area contributed by atoms with Gasteiger partial charge in [0, 0.05) is 17.7 Å². The number of nitro groups is 1. The molecule has 0 bridgehead atoms. The van der Waals surface area contributed by atoms with Crippen molar-refractivity contribution in [3.63, 3.8) is 0 Å². The van der Waals surface area contributed by atoms with Gasteiger partial charge in [-0.15, -0.1) is 10.2 Å². The fourth-order valence-electron chi connectivity index (χ4n) is 2.52. The molecule has 0 N–H and O–H groups in total. The summed E-state index contributed by atoms with van der Waals surface area (Å²) in [5.74, 6) is 0.323. The average Bonchev–Trinajstić information content (AvgIpc) is 3.19. The van der Waals surface area contributed by atoms with E-state index in [1.165, 1.54) is 24.3 Å². The number of ether oxygens (including phenoxy) is 2. The Morgan fingerprint density at radius 1 is 1.17 bits per heavy atom. The van der Waals surface area contributed by atoms with Gasteiger partial charge in [-0.05, 0) is 50.1 Å². The molecule has 0 aliphatic heterocycles. The van der Waals surface area contributed by atoms with Crippen molar-refractivity contribution in [3.8, 4) is 17.2 Å². The largest absolute Gasteiger partial charge is 0.482 e. The smallest absolute Gasteiger partial charge is 0.344 e. The van der Waals surface area contributed by atoms with Crippen LogP contribution in [0, 0.1) is 24.0 Å². The summed E-state index contributed by atoms with van der Waals surface area (Å²) in [5.41, 5.74) is 2.42. The number of carbonyl (C=O) groups excluding carboxylic acids is 1. The van der Waals surface area contributed by atoms with Crippen molar-refractivity contribution in [2.24, 2.45) is 0 Å². The number of aromatic nitrogens is 2. The number of benzene rings is 2. The molecule has 1 aromatic heterocycles. The normalized spacial score (nSPS) is 11.7. The van der Waals surface area contributed by atoms with Crippen LogP contribution in [0.4, 0.5) is 5.69 Å². The molecule has 1 unspecified atom stereocenters. The van der Waals surface area contributed by atoms with Gasteiger partial charge in [0.1, 0.15) is 5.75 Å². The Hall–Kier alpha value is -3.75. The van der Waals surface area contributed by atoms with E-state index in [-0.39, 0.29) is 24.1 Å². The molecule has 2 aromatic carbocycles. The zero-order valence-electron chi connectivity index (χ0n) is 16.1. The summed E-state index contributed by atoms with van der Waals surface area (Å²) < 4.78 is 16.3. The molecule has 0 fully saturated rings. The van der Waals surface area contributed by atoms with Crippen LogP contribution >= 0.6 is 0 Å². The third-order valence-corrected chi connectivity index (χ3v) is 4.11. The molecular formula is C20H19N3O6. The molecule has 1 heterocycles. The predicted molar refractivity (Wildman–Crippen MR) is 102 cm³/mol. The van der Waals surface area contributed by atoms with Crippen molar-refractivity contribution in [2.45, 2.75) is 26.9 Å². The van der Waals surface area contributed by atoms with Crippen molar-refractivity contribution in [1.29, 1.82) is 0 Å². The van der Waals surface area contributed by atoms with E-state index in [4.69, 9.17) is 13.9 Å². The van der Waals surface area contributed by atoms with Gasteiger partial charge in [0.25, 0.3) is 11.6 Å². The number of esters is 1. The van der Waals surface area contributed by atoms with Crippen molar-refractivity contribution in [2.75, 3.05) is 6.61 Å². The molecule has 0 saturated carbocycles. The van der Waals surface area contributed by atoms with Crippen LogP contribution in [-0.4, -0.2) is 27.7 Å². The fraction of sp³-hybridized carbons (Fsp3) is 0.250. The van der Waals surface area contributed by atoms with Gasteiger partial charge in [-0.25, -0.2) is 4.79 Å². The molecular weight excluding hydrogens is 378 g/mol. The number of non-ortho nitro benzene ring substituents is 1. The van der Waals surface area contributed by atoms with Crippen molar-refractivity contribution in [1.82, 2.24) is 10.2 Å². The lowest BCUT2D eigenvalue weighted by atomic mass is 10.1. The molecule has 0 radical (unpaired) electrons. The molecule has 3 rings (SSSR count). The SMILES string of the molecule is Cc1ccc(C)c(OCC(=O)OC(C)c2nnc(-c3ccc([N+](=O)[O-])cc3)o2)c1. The lowest BCUT2D eigenvalue weighted by Gasteiger charge is -2.12. The molecule has 9 nitrogen and oxygen atoms in total. The summed E-state index contributed by atoms with van der Waals surface area (Å²) in [4.78, 5) is 22.3. The zero-order chi connectivity index (χ0) is 21.0. The lowest BCUT2D eigenvalue weighted by molar-refractivity contribution is -0.384. The Bertz CT molecular complexity index is 1030. The molecule has 9 heteroatoms. The summed E-state index contributed by atoms with van der Waals surface area (Å²) in [5, 5.41) is 18.5. The third kappa shape index (κ3) is 4.95. The standard InChI is InChI=1S/C20H19N3O6/c1-12-4-5-13(2)17(10-12)27-11-18(24)28-14(3)19-21-22-20(29-19)15-6-8-16(9-7-15)23(25)26/h4-10,14H,11H2,1-3H3. The van der Waals surface area contributed by atoms with E-state index in [0.29, 0.717) is 11.3 Å². The summed E-state index contributed by atoms with van der Waals surface area (Å²) in [6.07, 6.45) is -0.774. The van der Waals surface area contributed by atoms with Gasteiger partial charge in [-0.3, -0.25) is 10.1 Å². The summed E-state index contributed by atoms with van der Waals surface area (Å²) in [6, 6.07) is 11.4. The summed E-state index contributed by atoms with van der Waals surface area (Å²) >= 11 is 0. The number of carbonyl (C=O) groups is 1. The summed E-state index contributed by atoms with van der Waals surface area (Å²) in [6.45, 7) is 5.17. The van der Waals surface area contributed by atoms with Crippen molar-refractivity contribution < 1.29 is 23.6 Å². The minimum absolute atomic E-state index is 0.0420. The first-order valence-corrected chi connectivity index (χ1v) is 8.81. The van der Waals surface area contributed by atoms with E-state index in [2.05, 4.69) is 10.2 Å². The van der Waals surface area contributed by atoms with Gasteiger partial charge >= 0.3 is 5.97 Å². The van der Waals surface area contributed by atoms with E-state index in [9.17, 15) is 14.9 Å². The van der Waals surface area contributed by atoms with Gasteiger partial charge < -0.3 is 13.9 Å². The maximum absolute atomic E-state index is 12.1. The number of aryl methyl sites for hydroxylation is 2. The lowest BCUT2D eigenvalue weighted by Crippen LogP contribution is -2.17. The van der Waals surface area contributed by atoms with Crippen LogP contribution in [0.25, 0.3) is 11.5 Å². The minimum Gasteiger partial charge on any atom is -0.482 e. The van der Waals surface area contributed by atoms with Gasteiger partial charge in [-0.1, -0.05) is 12.1 Å². The van der Waals surface area contributed by atoms with Crippen LogP contribution in [0.15, 0.2) is 46.9 Å². The molecule has 3 aromatic rings. The van der Waals surface area contributed by atoms with Crippen LogP contribution < -0.4 is 4.74 Å². The zero-order valence-corrected chi connectivity index (χ0v) is 16.1. The predicted octanol–water partition coefficient (Wildman–Crippen LogP) is 3.94. The number of hydrogen-bond donors (Lipinski definition) is 0. The quantitative estimate of drug-likeness (QED) is 0.334. The van der Waals surface area contributed by atoms with E-state index in [0.717, 1.165) is 11.1 Å². The van der Waals surface area contributed by atoms with Gasteiger partial charge in [0.15, 0.2) is 12.7 Å². The van der Waals surface area contributed by atoms with Crippen LogP contribution in [0.3, 0.4) is 0 Å². The molecule has 29 heavy (non-hydrogen) atoms. The molecule has 0 aliphatic carbocycles. The second kappa shape index (κ2) is 8.51.